The summed E-state index contributed by atoms with van der Waals surface area (Å²) in [5.74, 6) is 2.42. The Morgan fingerprint density at radius 2 is 1.73 bits per heavy atom. The molecular weight excluding hydrogens is 364 g/mol. The molecule has 0 aromatic carbocycles. The molecule has 2 aliphatic rings. The molecule has 6 heteroatoms. The molecule has 0 aromatic rings. The summed E-state index contributed by atoms with van der Waals surface area (Å²) in [6.07, 6.45) is 14.6. The molecule has 1 N–H and O–H groups in total. The minimum Gasteiger partial charge on any atom is -0.420 e. The Hall–Kier alpha value is 0.407. The van der Waals surface area contributed by atoms with E-state index in [4.69, 9.17) is 14.0 Å². The molecule has 4 nitrogen and oxygen atoms in total. The van der Waals surface area contributed by atoms with Crippen LogP contribution in [0, 0.1) is 17.8 Å². The first-order valence-electron chi connectivity index (χ1n) is 10.7. The summed E-state index contributed by atoms with van der Waals surface area (Å²) in [6.45, 7) is 7.24. The highest BCUT2D eigenvalue weighted by atomic mass is 32.2. The molecule has 0 aliphatic heterocycles. The van der Waals surface area contributed by atoms with Crippen LogP contribution in [0.1, 0.15) is 77.6 Å². The lowest BCUT2D eigenvalue weighted by molar-refractivity contribution is -0.432. The van der Waals surface area contributed by atoms with Crippen LogP contribution in [0.2, 0.25) is 18.6 Å². The van der Waals surface area contributed by atoms with E-state index in [0.29, 0.717) is 5.25 Å². The quantitative estimate of drug-likeness (QED) is 0.187. The van der Waals surface area contributed by atoms with Crippen LogP contribution in [0.25, 0.3) is 0 Å². The fourth-order valence-corrected chi connectivity index (χ4v) is 8.90. The Balaban J connectivity index is 2.03. The SMILES string of the molecule is CCC(CC(C1CCCCC1)[Si](C)(C)OC)C1CCCC(SOOO)C1. The molecule has 0 saturated heterocycles. The lowest BCUT2D eigenvalue weighted by Gasteiger charge is -2.43. The first-order valence-corrected chi connectivity index (χ1v) is 14.5. The maximum absolute atomic E-state index is 8.45. The van der Waals surface area contributed by atoms with Crippen LogP contribution in [-0.2, 0) is 13.8 Å². The third-order valence-electron chi connectivity index (χ3n) is 7.26. The van der Waals surface area contributed by atoms with Crippen molar-refractivity contribution in [3.8, 4) is 0 Å². The van der Waals surface area contributed by atoms with Crippen LogP contribution in [0.3, 0.4) is 0 Å². The van der Waals surface area contributed by atoms with Crippen molar-refractivity contribution in [2.45, 2.75) is 101 Å². The third kappa shape index (κ3) is 6.49. The van der Waals surface area contributed by atoms with E-state index < -0.39 is 8.32 Å². The summed E-state index contributed by atoms with van der Waals surface area (Å²) >= 11 is 1.30. The van der Waals surface area contributed by atoms with Crippen molar-refractivity contribution in [3.05, 3.63) is 0 Å². The van der Waals surface area contributed by atoms with Crippen molar-refractivity contribution >= 4 is 20.4 Å². The summed E-state index contributed by atoms with van der Waals surface area (Å²) in [7, 11) is 0.289. The van der Waals surface area contributed by atoms with E-state index in [2.05, 4.69) is 25.1 Å². The van der Waals surface area contributed by atoms with Gasteiger partial charge in [0.05, 0.1) is 0 Å². The highest BCUT2D eigenvalue weighted by Crippen LogP contribution is 2.47. The van der Waals surface area contributed by atoms with Gasteiger partial charge >= 0.3 is 0 Å². The van der Waals surface area contributed by atoms with Gasteiger partial charge in [0.1, 0.15) is 0 Å². The molecule has 4 unspecified atom stereocenters. The van der Waals surface area contributed by atoms with Gasteiger partial charge in [0.15, 0.2) is 8.32 Å². The largest absolute Gasteiger partial charge is 0.420 e. The highest BCUT2D eigenvalue weighted by molar-refractivity contribution is 7.95. The Labute approximate surface area is 165 Å². The normalized spacial score (nSPS) is 28.0. The van der Waals surface area contributed by atoms with Gasteiger partial charge in [0.2, 0.25) is 0 Å². The van der Waals surface area contributed by atoms with Crippen molar-refractivity contribution in [1.82, 2.24) is 0 Å². The molecule has 0 radical (unpaired) electrons. The number of hydrogen-bond donors (Lipinski definition) is 1. The van der Waals surface area contributed by atoms with Gasteiger partial charge < -0.3 is 4.43 Å². The first-order chi connectivity index (χ1) is 12.5. The van der Waals surface area contributed by atoms with Crippen molar-refractivity contribution < 1.29 is 19.1 Å². The second-order valence-corrected chi connectivity index (χ2v) is 14.4. The van der Waals surface area contributed by atoms with E-state index in [1.165, 1.54) is 76.3 Å². The van der Waals surface area contributed by atoms with E-state index in [-0.39, 0.29) is 0 Å². The number of rotatable bonds is 10. The standard InChI is InChI=1S/C20H40O4SSi/c1-5-16(18-12-9-13-19(14-18)25-24-23-21)15-20(26(3,4)22-2)17-10-7-6-8-11-17/h16-21H,5-15H2,1-4H3. The summed E-state index contributed by atoms with van der Waals surface area (Å²) in [5, 5.41) is 12.7. The van der Waals surface area contributed by atoms with E-state index in [1.807, 2.05) is 7.11 Å². The van der Waals surface area contributed by atoms with Crippen LogP contribution < -0.4 is 0 Å². The summed E-state index contributed by atoms with van der Waals surface area (Å²) in [4.78, 5) is 0. The van der Waals surface area contributed by atoms with Gasteiger partial charge in [-0.1, -0.05) is 63.3 Å². The molecule has 154 valence electrons. The van der Waals surface area contributed by atoms with Crippen molar-refractivity contribution in [1.29, 1.82) is 0 Å². The molecule has 2 saturated carbocycles. The van der Waals surface area contributed by atoms with E-state index in [9.17, 15) is 0 Å². The van der Waals surface area contributed by atoms with Crippen LogP contribution in [0.5, 0.6) is 0 Å². The molecule has 4 atom stereocenters. The van der Waals surface area contributed by atoms with Crippen molar-refractivity contribution in [2.24, 2.45) is 17.8 Å². The van der Waals surface area contributed by atoms with Gasteiger partial charge in [-0.15, -0.1) is 4.33 Å². The zero-order valence-electron chi connectivity index (χ0n) is 17.2. The van der Waals surface area contributed by atoms with Crippen LogP contribution in [0.15, 0.2) is 0 Å². The Bertz CT molecular complexity index is 390. The summed E-state index contributed by atoms with van der Waals surface area (Å²) in [5.41, 5.74) is 0.780. The average molecular weight is 405 g/mol. The third-order valence-corrected chi connectivity index (χ3v) is 11.6. The summed E-state index contributed by atoms with van der Waals surface area (Å²) in [6, 6.07) is 0. The predicted octanol–water partition coefficient (Wildman–Crippen LogP) is 6.83. The lowest BCUT2D eigenvalue weighted by Crippen LogP contribution is -2.41. The summed E-state index contributed by atoms with van der Waals surface area (Å²) < 4.78 is 10.9. The molecule has 2 fully saturated rings. The maximum Gasteiger partial charge on any atom is 0.189 e. The fourth-order valence-electron chi connectivity index (χ4n) is 5.52. The molecule has 0 heterocycles. The van der Waals surface area contributed by atoms with Gasteiger partial charge in [-0.05, 0) is 55.7 Å². The van der Waals surface area contributed by atoms with Gasteiger partial charge in [-0.2, -0.15) is 0 Å². The monoisotopic (exact) mass is 404 g/mol. The zero-order chi connectivity index (χ0) is 19.0. The molecular formula is C20H40O4SSi. The van der Waals surface area contributed by atoms with E-state index in [1.54, 1.807) is 0 Å². The first kappa shape index (κ1) is 22.7. The minimum absolute atomic E-state index is 0.441. The molecule has 2 rings (SSSR count). The molecule has 26 heavy (non-hydrogen) atoms. The molecule has 2 aliphatic carbocycles. The van der Waals surface area contributed by atoms with Gasteiger partial charge in [-0.3, -0.25) is 0 Å². The van der Waals surface area contributed by atoms with E-state index >= 15 is 0 Å². The second kappa shape index (κ2) is 11.4. The zero-order valence-corrected chi connectivity index (χ0v) is 19.1. The molecule has 0 bridgehead atoms. The number of hydrogen-bond acceptors (Lipinski definition) is 5. The minimum atomic E-state index is -1.66. The average Bonchev–Trinajstić information content (AvgIpc) is 2.68. The molecule has 0 spiro atoms. The Kier molecular flexibility index (Phi) is 9.97. The predicted molar refractivity (Wildman–Crippen MR) is 111 cm³/mol. The van der Waals surface area contributed by atoms with Crippen molar-refractivity contribution in [3.63, 3.8) is 0 Å². The highest BCUT2D eigenvalue weighted by Gasteiger charge is 2.41. The molecule has 0 amide bonds. The van der Waals surface area contributed by atoms with Gasteiger partial charge in [0.25, 0.3) is 0 Å². The maximum atomic E-state index is 8.45. The van der Waals surface area contributed by atoms with Crippen LogP contribution in [-0.4, -0.2) is 25.9 Å². The van der Waals surface area contributed by atoms with Crippen LogP contribution in [0.4, 0.5) is 0 Å². The second-order valence-electron chi connectivity index (χ2n) is 9.00. The van der Waals surface area contributed by atoms with Gasteiger partial charge in [-0.25, -0.2) is 5.26 Å². The van der Waals surface area contributed by atoms with Crippen molar-refractivity contribution in [2.75, 3.05) is 7.11 Å². The lowest BCUT2D eigenvalue weighted by atomic mass is 9.74. The van der Waals surface area contributed by atoms with E-state index in [0.717, 1.165) is 29.7 Å². The molecule has 0 aromatic heterocycles. The van der Waals surface area contributed by atoms with Gasteiger partial charge in [0, 0.05) is 24.4 Å². The topological polar surface area (TPSA) is 47.9 Å². The van der Waals surface area contributed by atoms with Crippen LogP contribution >= 0.6 is 12.0 Å². The Morgan fingerprint density at radius 1 is 1.04 bits per heavy atom. The Morgan fingerprint density at radius 3 is 2.35 bits per heavy atom. The fraction of sp³-hybridized carbons (Fsp3) is 1.00. The smallest absolute Gasteiger partial charge is 0.189 e.